The second-order valence-electron chi connectivity index (χ2n) is 7.30. The van der Waals surface area contributed by atoms with Gasteiger partial charge in [-0.3, -0.25) is 0 Å². The van der Waals surface area contributed by atoms with E-state index < -0.39 is 5.41 Å². The summed E-state index contributed by atoms with van der Waals surface area (Å²) in [5.74, 6) is 0. The summed E-state index contributed by atoms with van der Waals surface area (Å²) in [6.07, 6.45) is 0. The van der Waals surface area contributed by atoms with Crippen LogP contribution >= 0.6 is 0 Å². The van der Waals surface area contributed by atoms with E-state index >= 15 is 0 Å². The average Bonchev–Trinajstić information content (AvgIpc) is 3.04. The zero-order valence-electron chi connectivity index (χ0n) is 15.6. The molecule has 0 aliphatic heterocycles. The van der Waals surface area contributed by atoms with Crippen LogP contribution in [-0.4, -0.2) is 21.2 Å². The maximum atomic E-state index is 6.28. The van der Waals surface area contributed by atoms with Crippen LogP contribution in [0.4, 0.5) is 0 Å². The Morgan fingerprint density at radius 2 is 1.18 bits per heavy atom. The molecule has 0 bridgehead atoms. The Kier molecular flexibility index (Phi) is 3.94. The van der Waals surface area contributed by atoms with Gasteiger partial charge in [-0.15, -0.1) is 0 Å². The molecule has 0 N–H and O–H groups in total. The van der Waals surface area contributed by atoms with E-state index in [4.69, 9.17) is 7.85 Å². The fourth-order valence-corrected chi connectivity index (χ4v) is 4.65. The van der Waals surface area contributed by atoms with E-state index in [9.17, 15) is 0 Å². The molecule has 0 atom stereocenters. The van der Waals surface area contributed by atoms with E-state index in [1.807, 2.05) is 13.0 Å². The summed E-state index contributed by atoms with van der Waals surface area (Å²) in [6.45, 7) is 5.91. The quantitative estimate of drug-likeness (QED) is 0.436. The van der Waals surface area contributed by atoms with Gasteiger partial charge in [0.15, 0.2) is 0 Å². The van der Waals surface area contributed by atoms with Crippen molar-refractivity contribution >= 4 is 32.2 Å². The second-order valence-corrected chi connectivity index (χ2v) is 7.30. The molecule has 5 rings (SSSR count). The van der Waals surface area contributed by atoms with E-state index in [0.29, 0.717) is 0 Å². The van der Waals surface area contributed by atoms with Gasteiger partial charge in [-0.05, 0) is 0 Å². The first-order valence-corrected chi connectivity index (χ1v) is 9.53. The number of hydrogen-bond donors (Lipinski definition) is 0. The first-order chi connectivity index (χ1) is 13.7. The Morgan fingerprint density at radius 3 is 1.75 bits per heavy atom. The summed E-state index contributed by atoms with van der Waals surface area (Å²) in [7, 11) is 6.28. The van der Waals surface area contributed by atoms with Crippen molar-refractivity contribution in [3.63, 3.8) is 0 Å². The molecule has 4 aromatic rings. The molecule has 0 unspecified atom stereocenters. The molecule has 2 radical (unpaired) electrons. The third-order valence-corrected chi connectivity index (χ3v) is 5.83. The summed E-state index contributed by atoms with van der Waals surface area (Å²) in [6, 6.07) is 34.4. The van der Waals surface area contributed by atoms with Crippen molar-refractivity contribution in [2.45, 2.75) is 5.41 Å². The number of rotatable bonds is 3. The van der Waals surface area contributed by atoms with Crippen molar-refractivity contribution in [3.8, 4) is 11.1 Å². The van der Waals surface area contributed by atoms with Gasteiger partial charge in [-0.25, -0.2) is 0 Å². The van der Waals surface area contributed by atoms with E-state index in [2.05, 4.69) is 97.5 Å². The van der Waals surface area contributed by atoms with Gasteiger partial charge in [0.1, 0.15) is 0 Å². The molecule has 0 saturated heterocycles. The molecule has 0 aromatic heterocycles. The molecule has 128 valence electrons. The van der Waals surface area contributed by atoms with Crippen LogP contribution in [0.5, 0.6) is 0 Å². The maximum absolute atomic E-state index is 6.28. The van der Waals surface area contributed by atoms with Crippen LogP contribution in [0.3, 0.4) is 0 Å². The predicted molar refractivity (Wildman–Crippen MR) is 122 cm³/mol. The van der Waals surface area contributed by atoms with Gasteiger partial charge in [0.25, 0.3) is 0 Å². The van der Waals surface area contributed by atoms with Crippen molar-refractivity contribution in [1.82, 2.24) is 0 Å². The summed E-state index contributed by atoms with van der Waals surface area (Å²) in [4.78, 5) is 0. The standard InChI is InChI=1S/C26H18B2/c1-28-21-13-15-23-22-14-12-20(27)16-24(22)26(25(23)17-21,18-8-4-2-5-9-18)19-10-6-3-7-11-19/h2-17H,1H2. The first-order valence-electron chi connectivity index (χ1n) is 9.53. The zero-order valence-corrected chi connectivity index (χ0v) is 15.6. The monoisotopic (exact) mass is 352 g/mol. The molecule has 0 nitrogen and oxygen atoms in total. The molecule has 0 heterocycles. The van der Waals surface area contributed by atoms with E-state index in [1.54, 1.807) is 0 Å². The van der Waals surface area contributed by atoms with Gasteiger partial charge in [-0.2, -0.15) is 0 Å². The van der Waals surface area contributed by atoms with Crippen LogP contribution in [0.25, 0.3) is 11.1 Å². The molecule has 0 spiro atoms. The molecular formula is C26H18B2. The molecular weight excluding hydrogens is 334 g/mol. The van der Waals surface area contributed by atoms with Crippen molar-refractivity contribution in [2.75, 3.05) is 0 Å². The third-order valence-electron chi connectivity index (χ3n) is 5.83. The topological polar surface area (TPSA) is 0 Å². The van der Waals surface area contributed by atoms with Gasteiger partial charge < -0.3 is 0 Å². The van der Waals surface area contributed by atoms with Crippen LogP contribution in [0.2, 0.25) is 0 Å². The molecule has 0 fully saturated rings. The van der Waals surface area contributed by atoms with Crippen LogP contribution in [0, 0.1) is 0 Å². The van der Waals surface area contributed by atoms with Crippen molar-refractivity contribution < 1.29 is 0 Å². The fraction of sp³-hybridized carbons (Fsp3) is 0.0385. The Bertz CT molecular complexity index is 1140. The molecule has 4 aromatic carbocycles. The zero-order chi connectivity index (χ0) is 19.1. The van der Waals surface area contributed by atoms with Gasteiger partial charge in [0.05, 0.1) is 0 Å². The Balaban J connectivity index is 1.99. The average molecular weight is 352 g/mol. The minimum atomic E-state index is -0.401. The van der Waals surface area contributed by atoms with Crippen LogP contribution in [-0.2, 0) is 5.41 Å². The van der Waals surface area contributed by atoms with Gasteiger partial charge in [0, 0.05) is 0 Å². The van der Waals surface area contributed by atoms with Crippen molar-refractivity contribution in [1.29, 1.82) is 0 Å². The molecule has 1 aliphatic rings. The fourth-order valence-electron chi connectivity index (χ4n) is 4.65. The van der Waals surface area contributed by atoms with Gasteiger partial charge in [-0.1, -0.05) is 0 Å². The number of hydrogen-bond acceptors (Lipinski definition) is 0. The van der Waals surface area contributed by atoms with Gasteiger partial charge >= 0.3 is 168 Å². The Morgan fingerprint density at radius 1 is 0.643 bits per heavy atom. The normalized spacial score (nSPS) is 13.4. The molecule has 0 saturated carbocycles. The SMILES string of the molecule is [B]c1ccc2c(c1)C(c1ccccc1)(c1ccccc1)c1cc(B=C)ccc1-2. The van der Waals surface area contributed by atoms with Crippen LogP contribution < -0.4 is 10.9 Å². The Hall–Kier alpha value is -3.12. The predicted octanol–water partition coefficient (Wildman–Crippen LogP) is 3.61. The first kappa shape index (κ1) is 17.0. The summed E-state index contributed by atoms with van der Waals surface area (Å²) in [5.41, 5.74) is 9.01. The van der Waals surface area contributed by atoms with E-state index in [1.165, 1.54) is 33.4 Å². The molecule has 1 aliphatic carbocycles. The molecule has 0 amide bonds. The van der Waals surface area contributed by atoms with Crippen molar-refractivity contribution in [3.05, 3.63) is 119 Å². The molecule has 2 heteroatoms. The summed E-state index contributed by atoms with van der Waals surface area (Å²) < 4.78 is 0. The van der Waals surface area contributed by atoms with E-state index in [-0.39, 0.29) is 0 Å². The molecule has 28 heavy (non-hydrogen) atoms. The van der Waals surface area contributed by atoms with Crippen LogP contribution in [0.1, 0.15) is 22.3 Å². The number of fused-ring (bicyclic) bond motifs is 3. The number of benzene rings is 4. The Labute approximate surface area is 168 Å². The van der Waals surface area contributed by atoms with Gasteiger partial charge in [0.2, 0.25) is 0 Å². The minimum absolute atomic E-state index is 0.401. The van der Waals surface area contributed by atoms with Crippen LogP contribution in [0.15, 0.2) is 97.1 Å². The second kappa shape index (κ2) is 6.49. The summed E-state index contributed by atoms with van der Waals surface area (Å²) >= 11 is 0. The third kappa shape index (κ3) is 2.31. The van der Waals surface area contributed by atoms with Crippen molar-refractivity contribution in [2.24, 2.45) is 0 Å². The van der Waals surface area contributed by atoms with E-state index in [0.717, 1.165) is 10.9 Å². The summed E-state index contributed by atoms with van der Waals surface area (Å²) in [5, 5.41) is 0.